The van der Waals surface area contributed by atoms with E-state index in [0.29, 0.717) is 0 Å². The zero-order valence-corrected chi connectivity index (χ0v) is 10.5. The molecule has 0 aliphatic rings. The number of nitro benzene ring substituents is 1. The second-order valence-corrected chi connectivity index (χ2v) is 3.55. The zero-order chi connectivity index (χ0) is 14.4. The lowest BCUT2D eigenvalue weighted by Crippen LogP contribution is -2.20. The number of rotatable bonds is 6. The highest BCUT2D eigenvalue weighted by molar-refractivity contribution is 6.34. The Kier molecular flexibility index (Phi) is 4.99. The van der Waals surface area contributed by atoms with Crippen molar-refractivity contribution in [2.45, 2.75) is 13.3 Å². The van der Waals surface area contributed by atoms with Crippen LogP contribution in [0.3, 0.4) is 0 Å². The molecule has 0 saturated heterocycles. The van der Waals surface area contributed by atoms with E-state index in [1.54, 1.807) is 6.92 Å². The first-order valence-electron chi connectivity index (χ1n) is 5.51. The first-order chi connectivity index (χ1) is 9.01. The van der Waals surface area contributed by atoms with Crippen LogP contribution in [0.4, 0.5) is 5.69 Å². The van der Waals surface area contributed by atoms with Crippen LogP contribution < -0.4 is 4.74 Å². The van der Waals surface area contributed by atoms with Crippen molar-refractivity contribution in [2.75, 3.05) is 13.7 Å². The number of para-hydroxylation sites is 1. The largest absolute Gasteiger partial charge is 0.490 e. The highest BCUT2D eigenvalue weighted by atomic mass is 16.6. The SMILES string of the molecule is CCOC(=O)C(=O)Cc1cccc(OC)c1[N+](=O)[O-]. The number of ketones is 1. The number of esters is 1. The van der Waals surface area contributed by atoms with E-state index in [9.17, 15) is 19.7 Å². The van der Waals surface area contributed by atoms with Crippen LogP contribution in [0.1, 0.15) is 12.5 Å². The molecule has 102 valence electrons. The molecule has 0 fully saturated rings. The lowest BCUT2D eigenvalue weighted by Gasteiger charge is -2.06. The maximum Gasteiger partial charge on any atom is 0.374 e. The molecule has 0 heterocycles. The molecule has 0 unspecified atom stereocenters. The van der Waals surface area contributed by atoms with E-state index >= 15 is 0 Å². The van der Waals surface area contributed by atoms with Gasteiger partial charge in [0, 0.05) is 12.0 Å². The number of hydrogen-bond acceptors (Lipinski definition) is 6. The van der Waals surface area contributed by atoms with Gasteiger partial charge in [-0.25, -0.2) is 4.79 Å². The molecule has 0 N–H and O–H groups in total. The Morgan fingerprint density at radius 3 is 2.58 bits per heavy atom. The van der Waals surface area contributed by atoms with E-state index in [1.165, 1.54) is 25.3 Å². The maximum atomic E-state index is 11.5. The van der Waals surface area contributed by atoms with Crippen LogP contribution in [0.15, 0.2) is 18.2 Å². The third-order valence-corrected chi connectivity index (χ3v) is 2.34. The number of ether oxygens (including phenoxy) is 2. The van der Waals surface area contributed by atoms with Crippen molar-refractivity contribution in [3.8, 4) is 5.75 Å². The second kappa shape index (κ2) is 6.48. The fourth-order valence-corrected chi connectivity index (χ4v) is 1.54. The molecule has 0 atom stereocenters. The lowest BCUT2D eigenvalue weighted by molar-refractivity contribution is -0.386. The van der Waals surface area contributed by atoms with Gasteiger partial charge in [-0.15, -0.1) is 0 Å². The number of Topliss-reactive ketones (excluding diaryl/α,β-unsaturated/α-hetero) is 1. The van der Waals surface area contributed by atoms with Crippen LogP contribution in [0.5, 0.6) is 5.75 Å². The van der Waals surface area contributed by atoms with Crippen molar-refractivity contribution in [1.29, 1.82) is 0 Å². The van der Waals surface area contributed by atoms with Gasteiger partial charge in [0.2, 0.25) is 5.78 Å². The van der Waals surface area contributed by atoms with Crippen molar-refractivity contribution >= 4 is 17.4 Å². The number of carbonyl (C=O) groups is 2. The minimum Gasteiger partial charge on any atom is -0.490 e. The van der Waals surface area contributed by atoms with Crippen molar-refractivity contribution in [1.82, 2.24) is 0 Å². The third kappa shape index (κ3) is 3.51. The lowest BCUT2D eigenvalue weighted by atomic mass is 10.1. The van der Waals surface area contributed by atoms with E-state index in [-0.39, 0.29) is 23.6 Å². The molecule has 1 aromatic rings. The Labute approximate surface area is 109 Å². The van der Waals surface area contributed by atoms with Crippen LogP contribution in [0.25, 0.3) is 0 Å². The number of methoxy groups -OCH3 is 1. The molecule has 0 aromatic heterocycles. The Morgan fingerprint density at radius 2 is 2.05 bits per heavy atom. The summed E-state index contributed by atoms with van der Waals surface area (Å²) in [5.41, 5.74) is -0.204. The van der Waals surface area contributed by atoms with E-state index in [2.05, 4.69) is 4.74 Å². The van der Waals surface area contributed by atoms with Crippen LogP contribution >= 0.6 is 0 Å². The average Bonchev–Trinajstić information content (AvgIpc) is 2.38. The summed E-state index contributed by atoms with van der Waals surface area (Å²) in [7, 11) is 1.29. The summed E-state index contributed by atoms with van der Waals surface area (Å²) in [6.07, 6.45) is -0.396. The molecular weight excluding hydrogens is 254 g/mol. The summed E-state index contributed by atoms with van der Waals surface area (Å²) < 4.78 is 9.41. The smallest absolute Gasteiger partial charge is 0.374 e. The van der Waals surface area contributed by atoms with Gasteiger partial charge in [-0.3, -0.25) is 14.9 Å². The number of carbonyl (C=O) groups excluding carboxylic acids is 2. The Hall–Kier alpha value is -2.44. The van der Waals surface area contributed by atoms with Crippen molar-refractivity contribution in [3.05, 3.63) is 33.9 Å². The fourth-order valence-electron chi connectivity index (χ4n) is 1.54. The first kappa shape index (κ1) is 14.6. The molecule has 0 saturated carbocycles. The molecule has 0 bridgehead atoms. The average molecular weight is 267 g/mol. The van der Waals surface area contributed by atoms with Gasteiger partial charge >= 0.3 is 11.7 Å². The van der Waals surface area contributed by atoms with Crippen molar-refractivity contribution in [2.24, 2.45) is 0 Å². The van der Waals surface area contributed by atoms with Crippen LogP contribution in [-0.2, 0) is 20.7 Å². The summed E-state index contributed by atoms with van der Waals surface area (Å²) in [6.45, 7) is 1.64. The molecule has 0 aliphatic heterocycles. The van der Waals surface area contributed by atoms with E-state index in [1.807, 2.05) is 0 Å². The highest BCUT2D eigenvalue weighted by Crippen LogP contribution is 2.30. The molecule has 7 heteroatoms. The van der Waals surface area contributed by atoms with Crippen LogP contribution in [0, 0.1) is 10.1 Å². The van der Waals surface area contributed by atoms with E-state index in [4.69, 9.17) is 4.74 Å². The topological polar surface area (TPSA) is 95.7 Å². The zero-order valence-electron chi connectivity index (χ0n) is 10.5. The monoisotopic (exact) mass is 267 g/mol. The van der Waals surface area contributed by atoms with Gasteiger partial charge in [-0.1, -0.05) is 12.1 Å². The van der Waals surface area contributed by atoms with Gasteiger partial charge in [-0.2, -0.15) is 0 Å². The summed E-state index contributed by atoms with van der Waals surface area (Å²) in [5, 5.41) is 11.0. The predicted octanol–water partition coefficient (Wildman–Crippen LogP) is 1.28. The van der Waals surface area contributed by atoms with Crippen molar-refractivity contribution < 1.29 is 24.0 Å². The van der Waals surface area contributed by atoms with Crippen LogP contribution in [0.2, 0.25) is 0 Å². The quantitative estimate of drug-likeness (QED) is 0.333. The number of nitrogens with zero attached hydrogens (tertiary/aromatic N) is 1. The molecule has 0 aliphatic carbocycles. The normalized spacial score (nSPS) is 9.79. The van der Waals surface area contributed by atoms with Gasteiger partial charge in [0.1, 0.15) is 0 Å². The molecule has 0 amide bonds. The van der Waals surface area contributed by atoms with Gasteiger partial charge in [0.25, 0.3) is 0 Å². The molecule has 0 radical (unpaired) electrons. The summed E-state index contributed by atoms with van der Waals surface area (Å²) in [5.74, 6) is -1.79. The highest BCUT2D eigenvalue weighted by Gasteiger charge is 2.25. The minimum atomic E-state index is -1.00. The summed E-state index contributed by atoms with van der Waals surface area (Å²) in [4.78, 5) is 33.1. The summed E-state index contributed by atoms with van der Waals surface area (Å²) in [6, 6.07) is 4.33. The molecule has 1 aromatic carbocycles. The number of benzene rings is 1. The molecular formula is C12H13NO6. The molecule has 0 spiro atoms. The third-order valence-electron chi connectivity index (χ3n) is 2.34. The fraction of sp³-hybridized carbons (Fsp3) is 0.333. The van der Waals surface area contributed by atoms with Crippen LogP contribution in [-0.4, -0.2) is 30.4 Å². The number of hydrogen-bond donors (Lipinski definition) is 0. The Morgan fingerprint density at radius 1 is 1.37 bits per heavy atom. The standard InChI is InChI=1S/C12H13NO6/c1-3-19-12(15)9(14)7-8-5-4-6-10(18-2)11(8)13(16)17/h4-6H,3,7H2,1-2H3. The van der Waals surface area contributed by atoms with E-state index in [0.717, 1.165) is 0 Å². The molecule has 1 rings (SSSR count). The van der Waals surface area contributed by atoms with Crippen molar-refractivity contribution in [3.63, 3.8) is 0 Å². The second-order valence-electron chi connectivity index (χ2n) is 3.55. The molecule has 19 heavy (non-hydrogen) atoms. The first-order valence-corrected chi connectivity index (χ1v) is 5.51. The summed E-state index contributed by atoms with van der Waals surface area (Å²) >= 11 is 0. The Balaban J connectivity index is 3.04. The van der Waals surface area contributed by atoms with Gasteiger partial charge in [-0.05, 0) is 13.0 Å². The maximum absolute atomic E-state index is 11.5. The molecule has 7 nitrogen and oxygen atoms in total. The Bertz CT molecular complexity index is 511. The minimum absolute atomic E-state index is 0.0409. The predicted molar refractivity (Wildman–Crippen MR) is 65.0 cm³/mol. The number of nitro groups is 1. The van der Waals surface area contributed by atoms with Gasteiger partial charge in [0.05, 0.1) is 18.6 Å². The van der Waals surface area contributed by atoms with E-state index < -0.39 is 23.1 Å². The van der Waals surface area contributed by atoms with Gasteiger partial charge < -0.3 is 9.47 Å². The van der Waals surface area contributed by atoms with Gasteiger partial charge in [0.15, 0.2) is 5.75 Å².